The Balaban J connectivity index is 1.58. The number of aromatic nitrogens is 1. The SMILES string of the molecule is CCNC(=NCCc1ccc(Cl)nc1)NC1CC1c1c(F)cccc1F. The van der Waals surface area contributed by atoms with Crippen molar-refractivity contribution in [2.24, 2.45) is 4.99 Å². The Morgan fingerprint density at radius 1 is 1.27 bits per heavy atom. The number of pyridine rings is 1. The Morgan fingerprint density at radius 3 is 2.69 bits per heavy atom. The Morgan fingerprint density at radius 2 is 2.04 bits per heavy atom. The van der Waals surface area contributed by atoms with Crippen LogP contribution in [-0.2, 0) is 6.42 Å². The standard InChI is InChI=1S/C19H21ClF2N4/c1-2-23-19(24-9-8-12-6-7-17(20)25-11-12)26-16-10-13(16)18-14(21)4-3-5-15(18)22/h3-7,11,13,16H,2,8-10H2,1H3,(H2,23,24,26). The van der Waals surface area contributed by atoms with Crippen LogP contribution < -0.4 is 10.6 Å². The summed E-state index contributed by atoms with van der Waals surface area (Å²) in [6.07, 6.45) is 3.15. The molecule has 0 bridgehead atoms. The lowest BCUT2D eigenvalue weighted by Gasteiger charge is -2.12. The first-order valence-corrected chi connectivity index (χ1v) is 9.05. The lowest BCUT2D eigenvalue weighted by Crippen LogP contribution is -2.39. The molecule has 2 unspecified atom stereocenters. The second-order valence-electron chi connectivity index (χ2n) is 6.23. The predicted octanol–water partition coefficient (Wildman–Crippen LogP) is 3.67. The van der Waals surface area contributed by atoms with Crippen LogP contribution >= 0.6 is 11.6 Å². The third-order valence-electron chi connectivity index (χ3n) is 4.29. The van der Waals surface area contributed by atoms with E-state index < -0.39 is 11.6 Å². The molecule has 0 saturated heterocycles. The lowest BCUT2D eigenvalue weighted by molar-refractivity contribution is 0.553. The van der Waals surface area contributed by atoms with Crippen molar-refractivity contribution in [3.63, 3.8) is 0 Å². The van der Waals surface area contributed by atoms with Crippen molar-refractivity contribution in [3.05, 3.63) is 64.4 Å². The maximum absolute atomic E-state index is 13.9. The van der Waals surface area contributed by atoms with Gasteiger partial charge in [-0.15, -0.1) is 0 Å². The number of nitrogens with one attached hydrogen (secondary N) is 2. The summed E-state index contributed by atoms with van der Waals surface area (Å²) in [6.45, 7) is 3.26. The average Bonchev–Trinajstić information content (AvgIpc) is 3.35. The summed E-state index contributed by atoms with van der Waals surface area (Å²) in [5.74, 6) is -0.493. The van der Waals surface area contributed by atoms with Gasteiger partial charge in [0.1, 0.15) is 16.8 Å². The van der Waals surface area contributed by atoms with E-state index in [1.165, 1.54) is 18.2 Å². The first-order valence-electron chi connectivity index (χ1n) is 8.67. The summed E-state index contributed by atoms with van der Waals surface area (Å²) >= 11 is 5.78. The molecule has 3 rings (SSSR count). The quantitative estimate of drug-likeness (QED) is 0.458. The third kappa shape index (κ3) is 4.69. The van der Waals surface area contributed by atoms with Crippen molar-refractivity contribution in [2.75, 3.05) is 13.1 Å². The smallest absolute Gasteiger partial charge is 0.191 e. The van der Waals surface area contributed by atoms with Crippen LogP contribution in [0, 0.1) is 11.6 Å². The molecule has 0 spiro atoms. The number of benzene rings is 1. The molecule has 0 radical (unpaired) electrons. The van der Waals surface area contributed by atoms with E-state index in [-0.39, 0.29) is 17.5 Å². The van der Waals surface area contributed by atoms with Crippen molar-refractivity contribution < 1.29 is 8.78 Å². The second kappa shape index (κ2) is 8.45. The Hall–Kier alpha value is -2.21. The molecule has 0 aliphatic heterocycles. The van der Waals surface area contributed by atoms with Crippen LogP contribution in [0.2, 0.25) is 5.15 Å². The number of aliphatic imine (C=N–C) groups is 1. The van der Waals surface area contributed by atoms with Gasteiger partial charge in [0.2, 0.25) is 0 Å². The highest BCUT2D eigenvalue weighted by molar-refractivity contribution is 6.29. The molecule has 2 aromatic rings. The van der Waals surface area contributed by atoms with Crippen molar-refractivity contribution in [3.8, 4) is 0 Å². The topological polar surface area (TPSA) is 49.3 Å². The number of hydrogen-bond donors (Lipinski definition) is 2. The van der Waals surface area contributed by atoms with E-state index in [9.17, 15) is 8.78 Å². The van der Waals surface area contributed by atoms with E-state index in [4.69, 9.17) is 11.6 Å². The zero-order chi connectivity index (χ0) is 18.5. The molecule has 26 heavy (non-hydrogen) atoms. The normalized spacial score (nSPS) is 19.3. The fourth-order valence-electron chi connectivity index (χ4n) is 2.89. The van der Waals surface area contributed by atoms with Gasteiger partial charge in [0.05, 0.1) is 0 Å². The minimum atomic E-state index is -0.489. The molecule has 0 amide bonds. The van der Waals surface area contributed by atoms with Crippen molar-refractivity contribution in [1.29, 1.82) is 0 Å². The molecule has 1 aromatic carbocycles. The van der Waals surface area contributed by atoms with Crippen molar-refractivity contribution in [2.45, 2.75) is 31.7 Å². The molecular weight excluding hydrogens is 358 g/mol. The van der Waals surface area contributed by atoms with E-state index in [0.717, 1.165) is 12.0 Å². The first-order chi connectivity index (χ1) is 12.6. The third-order valence-corrected chi connectivity index (χ3v) is 4.51. The molecular formula is C19H21ClF2N4. The minimum Gasteiger partial charge on any atom is -0.357 e. The van der Waals surface area contributed by atoms with Crippen LogP contribution in [0.5, 0.6) is 0 Å². The molecule has 1 aromatic heterocycles. The summed E-state index contributed by atoms with van der Waals surface area (Å²) in [5, 5.41) is 6.89. The molecule has 7 heteroatoms. The van der Waals surface area contributed by atoms with E-state index >= 15 is 0 Å². The highest BCUT2D eigenvalue weighted by atomic mass is 35.5. The molecule has 4 nitrogen and oxygen atoms in total. The molecule has 1 fully saturated rings. The molecule has 1 heterocycles. The molecule has 1 aliphatic rings. The van der Waals surface area contributed by atoms with Gasteiger partial charge in [0.15, 0.2) is 5.96 Å². The number of hydrogen-bond acceptors (Lipinski definition) is 2. The van der Waals surface area contributed by atoms with Crippen molar-refractivity contribution in [1.82, 2.24) is 15.6 Å². The van der Waals surface area contributed by atoms with Crippen LogP contribution in [0.25, 0.3) is 0 Å². The number of halogens is 3. The van der Waals surface area contributed by atoms with Crippen LogP contribution in [-0.4, -0.2) is 30.1 Å². The summed E-state index contributed by atoms with van der Waals surface area (Å²) in [5.41, 5.74) is 1.21. The summed E-state index contributed by atoms with van der Waals surface area (Å²) in [4.78, 5) is 8.58. The van der Waals surface area contributed by atoms with Gasteiger partial charge in [-0.2, -0.15) is 0 Å². The molecule has 2 atom stereocenters. The minimum absolute atomic E-state index is 0.0172. The summed E-state index contributed by atoms with van der Waals surface area (Å²) < 4.78 is 27.8. The van der Waals surface area contributed by atoms with Gasteiger partial charge in [-0.05, 0) is 43.5 Å². The number of guanidine groups is 1. The molecule has 138 valence electrons. The second-order valence-corrected chi connectivity index (χ2v) is 6.62. The van der Waals surface area contributed by atoms with E-state index in [1.54, 1.807) is 12.3 Å². The van der Waals surface area contributed by atoms with Gasteiger partial charge in [-0.25, -0.2) is 13.8 Å². The fourth-order valence-corrected chi connectivity index (χ4v) is 3.00. The van der Waals surface area contributed by atoms with Crippen molar-refractivity contribution >= 4 is 17.6 Å². The van der Waals surface area contributed by atoms with Gasteiger partial charge in [-0.1, -0.05) is 23.7 Å². The largest absolute Gasteiger partial charge is 0.357 e. The van der Waals surface area contributed by atoms with E-state index in [0.29, 0.717) is 30.6 Å². The van der Waals surface area contributed by atoms with Gasteiger partial charge in [0.25, 0.3) is 0 Å². The Kier molecular flexibility index (Phi) is 6.04. The summed E-state index contributed by atoms with van der Waals surface area (Å²) in [7, 11) is 0. The zero-order valence-electron chi connectivity index (χ0n) is 14.5. The van der Waals surface area contributed by atoms with Crippen LogP contribution in [0.3, 0.4) is 0 Å². The maximum atomic E-state index is 13.9. The Bertz CT molecular complexity index is 759. The van der Waals surface area contributed by atoms with E-state index in [1.807, 2.05) is 13.0 Å². The molecule has 1 saturated carbocycles. The summed E-state index contributed by atoms with van der Waals surface area (Å²) in [6, 6.07) is 7.64. The van der Waals surface area contributed by atoms with E-state index in [2.05, 4.69) is 20.6 Å². The number of nitrogens with zero attached hydrogens (tertiary/aromatic N) is 2. The average molecular weight is 379 g/mol. The van der Waals surface area contributed by atoms with Gasteiger partial charge in [-0.3, -0.25) is 4.99 Å². The Labute approximate surface area is 156 Å². The van der Waals surface area contributed by atoms with Gasteiger partial charge < -0.3 is 10.6 Å². The fraction of sp³-hybridized carbons (Fsp3) is 0.368. The first kappa shape index (κ1) is 18.6. The monoisotopic (exact) mass is 378 g/mol. The highest BCUT2D eigenvalue weighted by Crippen LogP contribution is 2.43. The molecule has 1 aliphatic carbocycles. The lowest BCUT2D eigenvalue weighted by atomic mass is 10.1. The van der Waals surface area contributed by atoms with Crippen LogP contribution in [0.1, 0.15) is 30.4 Å². The van der Waals surface area contributed by atoms with Gasteiger partial charge in [0, 0.05) is 36.8 Å². The number of rotatable bonds is 6. The van der Waals surface area contributed by atoms with Gasteiger partial charge >= 0.3 is 0 Å². The van der Waals surface area contributed by atoms with Crippen LogP contribution in [0.4, 0.5) is 8.78 Å². The van der Waals surface area contributed by atoms with Crippen LogP contribution in [0.15, 0.2) is 41.5 Å². The predicted molar refractivity (Wildman–Crippen MR) is 99.6 cm³/mol. The molecule has 2 N–H and O–H groups in total. The maximum Gasteiger partial charge on any atom is 0.191 e. The zero-order valence-corrected chi connectivity index (χ0v) is 15.2. The highest BCUT2D eigenvalue weighted by Gasteiger charge is 2.42.